The second-order valence-electron chi connectivity index (χ2n) is 8.02. The second kappa shape index (κ2) is 9.23. The Hall–Kier alpha value is -2.98. The Morgan fingerprint density at radius 1 is 1.00 bits per heavy atom. The normalized spacial score (nSPS) is 11.1. The molecule has 0 bridgehead atoms. The third-order valence-corrected chi connectivity index (χ3v) is 5.11. The lowest BCUT2D eigenvalue weighted by Crippen LogP contribution is -2.13. The minimum atomic E-state index is -0.249. The van der Waals surface area contributed by atoms with Crippen LogP contribution in [0.5, 0.6) is 11.5 Å². The maximum Gasteiger partial charge on any atom is 0.255 e. The minimum Gasteiger partial charge on any atom is -0.496 e. The fourth-order valence-corrected chi connectivity index (χ4v) is 3.18. The van der Waals surface area contributed by atoms with Gasteiger partial charge in [-0.3, -0.25) is 4.79 Å². The topological polar surface area (TPSA) is 47.6 Å². The van der Waals surface area contributed by atoms with E-state index in [-0.39, 0.29) is 17.9 Å². The molecule has 3 aromatic carbocycles. The van der Waals surface area contributed by atoms with E-state index in [2.05, 4.69) is 38.2 Å². The number of hydrogen-bond acceptors (Lipinski definition) is 3. The van der Waals surface area contributed by atoms with Crippen molar-refractivity contribution < 1.29 is 14.3 Å². The number of amides is 1. The van der Waals surface area contributed by atoms with E-state index in [1.54, 1.807) is 37.4 Å². The van der Waals surface area contributed by atoms with E-state index in [0.29, 0.717) is 22.0 Å². The fraction of sp³-hybridized carbons (Fsp3) is 0.240. The zero-order chi connectivity index (χ0) is 21.7. The average molecular weight is 424 g/mol. The maximum atomic E-state index is 12.7. The number of methoxy groups -OCH3 is 1. The average Bonchev–Trinajstić information content (AvgIpc) is 2.73. The molecule has 0 aliphatic heterocycles. The first kappa shape index (κ1) is 21.7. The number of carbonyl (C=O) groups is 1. The molecule has 5 heteroatoms. The van der Waals surface area contributed by atoms with Crippen LogP contribution < -0.4 is 14.8 Å². The largest absolute Gasteiger partial charge is 0.496 e. The molecule has 0 atom stereocenters. The van der Waals surface area contributed by atoms with Crippen molar-refractivity contribution >= 4 is 23.2 Å². The highest BCUT2D eigenvalue weighted by atomic mass is 35.5. The Bertz CT molecular complexity index is 1020. The van der Waals surface area contributed by atoms with Crippen molar-refractivity contribution in [2.75, 3.05) is 12.4 Å². The highest BCUT2D eigenvalue weighted by Crippen LogP contribution is 2.27. The van der Waals surface area contributed by atoms with Crippen molar-refractivity contribution in [2.45, 2.75) is 32.8 Å². The molecule has 30 heavy (non-hydrogen) atoms. The van der Waals surface area contributed by atoms with Gasteiger partial charge < -0.3 is 14.8 Å². The first-order valence-electron chi connectivity index (χ1n) is 9.74. The van der Waals surface area contributed by atoms with Crippen LogP contribution in [0.4, 0.5) is 5.69 Å². The highest BCUT2D eigenvalue weighted by Gasteiger charge is 2.14. The monoisotopic (exact) mass is 423 g/mol. The first-order chi connectivity index (χ1) is 14.3. The third-order valence-electron chi connectivity index (χ3n) is 4.78. The van der Waals surface area contributed by atoms with Gasteiger partial charge in [-0.25, -0.2) is 0 Å². The van der Waals surface area contributed by atoms with Crippen LogP contribution in [0.3, 0.4) is 0 Å². The summed E-state index contributed by atoms with van der Waals surface area (Å²) in [4.78, 5) is 12.7. The van der Waals surface area contributed by atoms with Gasteiger partial charge in [-0.1, -0.05) is 56.6 Å². The number of ether oxygens (including phenoxy) is 2. The number of carbonyl (C=O) groups excluding carboxylic acids is 1. The number of halogens is 1. The SMILES string of the molecule is COc1ccc(C(=O)Nc2ccccc2Cl)cc1COc1ccc(C(C)(C)C)cc1. The second-order valence-corrected chi connectivity index (χ2v) is 8.43. The molecule has 0 aliphatic rings. The number of para-hydroxylation sites is 1. The van der Waals surface area contributed by atoms with Crippen molar-refractivity contribution in [1.29, 1.82) is 0 Å². The van der Waals surface area contributed by atoms with Crippen molar-refractivity contribution in [2.24, 2.45) is 0 Å². The van der Waals surface area contributed by atoms with Crippen molar-refractivity contribution in [3.8, 4) is 11.5 Å². The van der Waals surface area contributed by atoms with E-state index >= 15 is 0 Å². The number of anilines is 1. The number of rotatable bonds is 6. The molecule has 3 rings (SSSR count). The molecule has 4 nitrogen and oxygen atoms in total. The molecule has 1 amide bonds. The molecule has 0 saturated carbocycles. The summed E-state index contributed by atoms with van der Waals surface area (Å²) >= 11 is 6.14. The molecule has 0 fully saturated rings. The van der Waals surface area contributed by atoms with E-state index < -0.39 is 0 Å². The molecule has 3 aromatic rings. The maximum absolute atomic E-state index is 12.7. The van der Waals surface area contributed by atoms with Crippen LogP contribution in [0.1, 0.15) is 42.3 Å². The van der Waals surface area contributed by atoms with Gasteiger partial charge in [0, 0.05) is 11.1 Å². The van der Waals surface area contributed by atoms with E-state index in [9.17, 15) is 4.79 Å². The van der Waals surface area contributed by atoms with Gasteiger partial charge in [0.2, 0.25) is 0 Å². The zero-order valence-corrected chi connectivity index (χ0v) is 18.4. The summed E-state index contributed by atoms with van der Waals surface area (Å²) in [5.74, 6) is 1.17. The first-order valence-corrected chi connectivity index (χ1v) is 10.1. The molecule has 0 aliphatic carbocycles. The van der Waals surface area contributed by atoms with Crippen molar-refractivity contribution in [3.63, 3.8) is 0 Å². The fourth-order valence-electron chi connectivity index (χ4n) is 3.00. The lowest BCUT2D eigenvalue weighted by atomic mass is 9.87. The van der Waals surface area contributed by atoms with Gasteiger partial charge in [-0.05, 0) is 53.4 Å². The smallest absolute Gasteiger partial charge is 0.255 e. The molecule has 0 saturated heterocycles. The van der Waals surface area contributed by atoms with Gasteiger partial charge in [0.15, 0.2) is 0 Å². The Morgan fingerprint density at radius 2 is 1.70 bits per heavy atom. The van der Waals surface area contributed by atoms with Gasteiger partial charge in [0.1, 0.15) is 18.1 Å². The molecular formula is C25H26ClNO3. The van der Waals surface area contributed by atoms with E-state index in [4.69, 9.17) is 21.1 Å². The Kier molecular flexibility index (Phi) is 6.68. The van der Waals surface area contributed by atoms with E-state index in [1.165, 1.54) is 5.56 Å². The molecule has 0 heterocycles. The molecule has 156 valence electrons. The summed E-state index contributed by atoms with van der Waals surface area (Å²) in [6, 6.07) is 20.4. The van der Waals surface area contributed by atoms with Gasteiger partial charge in [0.05, 0.1) is 17.8 Å². The van der Waals surface area contributed by atoms with Crippen LogP contribution >= 0.6 is 11.6 Å². The summed E-state index contributed by atoms with van der Waals surface area (Å²) in [7, 11) is 1.60. The van der Waals surface area contributed by atoms with E-state index in [1.807, 2.05) is 24.3 Å². The molecule has 0 spiro atoms. The standard InChI is InChI=1S/C25H26ClNO3/c1-25(2,3)19-10-12-20(13-11-19)30-16-18-15-17(9-14-23(18)29-4)24(28)27-22-8-6-5-7-21(22)26/h5-15H,16H2,1-4H3,(H,27,28). The Morgan fingerprint density at radius 3 is 2.33 bits per heavy atom. The molecule has 0 aromatic heterocycles. The summed E-state index contributed by atoms with van der Waals surface area (Å²) < 4.78 is 11.4. The van der Waals surface area contributed by atoms with Crippen molar-refractivity contribution in [3.05, 3.63) is 88.4 Å². The van der Waals surface area contributed by atoms with Crippen LogP contribution in [0.2, 0.25) is 5.02 Å². The molecule has 1 N–H and O–H groups in total. The third kappa shape index (κ3) is 5.33. The van der Waals surface area contributed by atoms with Gasteiger partial charge in [-0.2, -0.15) is 0 Å². The Balaban J connectivity index is 1.74. The highest BCUT2D eigenvalue weighted by molar-refractivity contribution is 6.33. The predicted molar refractivity (Wildman–Crippen MR) is 122 cm³/mol. The quantitative estimate of drug-likeness (QED) is 0.493. The summed E-state index contributed by atoms with van der Waals surface area (Å²) in [6.45, 7) is 6.80. The predicted octanol–water partition coefficient (Wildman–Crippen LogP) is 6.48. The number of benzene rings is 3. The van der Waals surface area contributed by atoms with Crippen LogP contribution in [0.25, 0.3) is 0 Å². The summed E-state index contributed by atoms with van der Waals surface area (Å²) in [6.07, 6.45) is 0. The van der Waals surface area contributed by atoms with Crippen LogP contribution in [-0.4, -0.2) is 13.0 Å². The lowest BCUT2D eigenvalue weighted by molar-refractivity contribution is 0.102. The van der Waals surface area contributed by atoms with Crippen LogP contribution in [0.15, 0.2) is 66.7 Å². The zero-order valence-electron chi connectivity index (χ0n) is 17.7. The van der Waals surface area contributed by atoms with Crippen molar-refractivity contribution in [1.82, 2.24) is 0 Å². The Labute approximate surface area is 182 Å². The van der Waals surface area contributed by atoms with Crippen LogP contribution in [-0.2, 0) is 12.0 Å². The summed E-state index contributed by atoms with van der Waals surface area (Å²) in [5.41, 5.74) is 3.18. The van der Waals surface area contributed by atoms with Gasteiger partial charge in [-0.15, -0.1) is 0 Å². The van der Waals surface area contributed by atoms with Gasteiger partial charge >= 0.3 is 0 Å². The molecule has 0 unspecified atom stereocenters. The number of hydrogen-bond donors (Lipinski definition) is 1. The minimum absolute atomic E-state index is 0.0884. The van der Waals surface area contributed by atoms with E-state index in [0.717, 1.165) is 11.3 Å². The molecule has 0 radical (unpaired) electrons. The lowest BCUT2D eigenvalue weighted by Gasteiger charge is -2.19. The number of nitrogens with one attached hydrogen (secondary N) is 1. The van der Waals surface area contributed by atoms with Gasteiger partial charge in [0.25, 0.3) is 5.91 Å². The van der Waals surface area contributed by atoms with Crippen LogP contribution in [0, 0.1) is 0 Å². The molecular weight excluding hydrogens is 398 g/mol. The summed E-state index contributed by atoms with van der Waals surface area (Å²) in [5, 5.41) is 3.32.